The van der Waals surface area contributed by atoms with Gasteiger partial charge in [0.25, 0.3) is 0 Å². The molecule has 4 rings (SSSR count). The summed E-state index contributed by atoms with van der Waals surface area (Å²) in [5.74, 6) is -0.469. The number of likely N-dealkylation sites (N-methyl/N-ethyl adjacent to an activating group) is 1. The normalized spacial score (nSPS) is 19.4. The van der Waals surface area contributed by atoms with Crippen LogP contribution in [0.2, 0.25) is 0 Å². The molecule has 1 aliphatic heterocycles. The number of carbonyl (C=O) groups excluding carboxylic acids is 2. The van der Waals surface area contributed by atoms with Crippen molar-refractivity contribution in [3.05, 3.63) is 107 Å². The van der Waals surface area contributed by atoms with Crippen LogP contribution in [0.5, 0.6) is 0 Å². The molecule has 3 aromatic rings. The zero-order valence-electron chi connectivity index (χ0n) is 26.7. The molecule has 1 fully saturated rings. The third kappa shape index (κ3) is 10.4. The zero-order valence-corrected chi connectivity index (χ0v) is 26.7. The van der Waals surface area contributed by atoms with Crippen LogP contribution >= 0.6 is 0 Å². The average Bonchev–Trinajstić information content (AvgIpc) is 3.10. The predicted molar refractivity (Wildman–Crippen MR) is 173 cm³/mol. The molecule has 10 heteroatoms. The summed E-state index contributed by atoms with van der Waals surface area (Å²) in [6, 6.07) is 25.1. The molecule has 3 aromatic carbocycles. The van der Waals surface area contributed by atoms with Crippen molar-refractivity contribution in [3.8, 4) is 0 Å². The number of aliphatic hydroxyl groups excluding tert-OH is 2. The molecule has 1 aliphatic rings. The summed E-state index contributed by atoms with van der Waals surface area (Å²) in [6.07, 6.45) is 1.61. The number of amides is 2. The lowest BCUT2D eigenvalue weighted by Crippen LogP contribution is -2.43. The topological polar surface area (TPSA) is 141 Å². The summed E-state index contributed by atoms with van der Waals surface area (Å²) in [7, 11) is 1.99. The molecule has 5 atom stereocenters. The first-order valence-corrected chi connectivity index (χ1v) is 16.0. The molecule has 0 saturated carbocycles. The number of hydrogen-bond acceptors (Lipinski definition) is 8. The Morgan fingerprint density at radius 1 is 0.870 bits per heavy atom. The second kappa shape index (κ2) is 17.9. The van der Waals surface area contributed by atoms with E-state index < -0.39 is 18.3 Å². The molecule has 0 unspecified atom stereocenters. The van der Waals surface area contributed by atoms with Crippen molar-refractivity contribution in [1.29, 1.82) is 0 Å². The Bertz CT molecular complexity index is 1350. The van der Waals surface area contributed by atoms with Gasteiger partial charge in [0.15, 0.2) is 6.29 Å². The van der Waals surface area contributed by atoms with Gasteiger partial charge in [-0.25, -0.2) is 5.48 Å². The predicted octanol–water partition coefficient (Wildman–Crippen LogP) is 4.85. The van der Waals surface area contributed by atoms with Crippen LogP contribution in [0.15, 0.2) is 78.9 Å². The summed E-state index contributed by atoms with van der Waals surface area (Å²) in [4.78, 5) is 25.5. The SMILES string of the molecule is C[C@H]([C@@H](O)c1ccccc1)N(C)C[C@@H]1C[C@H](c2ccc(CO)cc2)O[C@H](c2ccc(CNC(=O)CCCCCC(=O)NO)cc2)O1. The Morgan fingerprint density at radius 2 is 1.50 bits per heavy atom. The first kappa shape index (κ1) is 35.2. The van der Waals surface area contributed by atoms with Crippen molar-refractivity contribution in [2.75, 3.05) is 13.6 Å². The summed E-state index contributed by atoms with van der Waals surface area (Å²) in [6.45, 7) is 2.98. The van der Waals surface area contributed by atoms with Crippen molar-refractivity contribution in [2.45, 2.75) is 89.2 Å². The van der Waals surface area contributed by atoms with Gasteiger partial charge < -0.3 is 25.0 Å². The number of rotatable bonds is 16. The minimum atomic E-state index is -0.642. The summed E-state index contributed by atoms with van der Waals surface area (Å²) < 4.78 is 13.0. The van der Waals surface area contributed by atoms with Crippen LogP contribution in [0.25, 0.3) is 0 Å². The first-order valence-electron chi connectivity index (χ1n) is 16.0. The van der Waals surface area contributed by atoms with Gasteiger partial charge in [0.1, 0.15) is 0 Å². The number of ether oxygens (including phenoxy) is 2. The lowest BCUT2D eigenvalue weighted by molar-refractivity contribution is -0.253. The largest absolute Gasteiger partial charge is 0.392 e. The minimum absolute atomic E-state index is 0.0229. The Balaban J connectivity index is 1.37. The quantitative estimate of drug-likeness (QED) is 0.0857. The number of carbonyl (C=O) groups is 2. The van der Waals surface area contributed by atoms with Crippen LogP contribution in [-0.4, -0.2) is 57.9 Å². The fourth-order valence-electron chi connectivity index (χ4n) is 5.58. The standard InChI is InChI=1S/C36H47N3O7/c1-25(35(43)29-9-5-3-6-10-29)39(2)23-31-21-32(28-17-15-27(24-40)16-18-28)46-36(45-31)30-19-13-26(14-20-30)22-37-33(41)11-7-4-8-12-34(42)38-44/h3,5-6,9-10,13-20,25,31-32,35-36,40,43-44H,4,7-8,11-12,21-24H2,1-2H3,(H,37,41)(H,38,42)/t25-,31+,32-,35-,36-/m1/s1. The van der Waals surface area contributed by atoms with Crippen LogP contribution in [-0.2, 0) is 32.2 Å². The van der Waals surface area contributed by atoms with E-state index in [2.05, 4.69) is 10.2 Å². The highest BCUT2D eigenvalue weighted by atomic mass is 16.7. The number of nitrogens with one attached hydrogen (secondary N) is 2. The molecule has 1 saturated heterocycles. The number of benzene rings is 3. The summed E-state index contributed by atoms with van der Waals surface area (Å²) in [5, 5.41) is 32.0. The van der Waals surface area contributed by atoms with Crippen LogP contribution < -0.4 is 10.8 Å². The van der Waals surface area contributed by atoms with Crippen LogP contribution in [0.3, 0.4) is 0 Å². The maximum absolute atomic E-state index is 12.3. The van der Waals surface area contributed by atoms with Gasteiger partial charge in [0.2, 0.25) is 11.8 Å². The monoisotopic (exact) mass is 633 g/mol. The Morgan fingerprint density at radius 3 is 2.15 bits per heavy atom. The van der Waals surface area contributed by atoms with Crippen LogP contribution in [0.1, 0.15) is 91.8 Å². The highest BCUT2D eigenvalue weighted by molar-refractivity contribution is 5.76. The van der Waals surface area contributed by atoms with Gasteiger partial charge in [-0.3, -0.25) is 19.7 Å². The fraction of sp³-hybridized carbons (Fsp3) is 0.444. The van der Waals surface area contributed by atoms with Crippen LogP contribution in [0, 0.1) is 0 Å². The van der Waals surface area contributed by atoms with E-state index in [1.54, 1.807) is 5.48 Å². The van der Waals surface area contributed by atoms with E-state index >= 15 is 0 Å². The lowest BCUT2D eigenvalue weighted by Gasteiger charge is -2.39. The second-order valence-corrected chi connectivity index (χ2v) is 12.0. The molecule has 5 N–H and O–H groups in total. The van der Waals surface area contributed by atoms with Gasteiger partial charge in [-0.05, 0) is 49.1 Å². The van der Waals surface area contributed by atoms with Gasteiger partial charge in [-0.15, -0.1) is 0 Å². The Hall–Kier alpha value is -3.64. The molecule has 0 aliphatic carbocycles. The van der Waals surface area contributed by atoms with E-state index in [4.69, 9.17) is 14.7 Å². The molecule has 10 nitrogen and oxygen atoms in total. The van der Waals surface area contributed by atoms with Crippen molar-refractivity contribution in [1.82, 2.24) is 15.7 Å². The number of unbranched alkanes of at least 4 members (excludes halogenated alkanes) is 2. The Kier molecular flexibility index (Phi) is 13.7. The zero-order chi connectivity index (χ0) is 32.9. The van der Waals surface area contributed by atoms with E-state index in [0.29, 0.717) is 38.8 Å². The molecular weight excluding hydrogens is 586 g/mol. The van der Waals surface area contributed by atoms with Gasteiger partial charge in [-0.1, -0.05) is 85.3 Å². The number of hydroxylamine groups is 1. The van der Waals surface area contributed by atoms with E-state index in [0.717, 1.165) is 34.2 Å². The molecule has 0 bridgehead atoms. The molecule has 2 amide bonds. The van der Waals surface area contributed by atoms with Gasteiger partial charge in [0.05, 0.1) is 24.9 Å². The lowest BCUT2D eigenvalue weighted by atomic mass is 9.98. The minimum Gasteiger partial charge on any atom is -0.392 e. The number of hydrogen-bond donors (Lipinski definition) is 5. The summed E-state index contributed by atoms with van der Waals surface area (Å²) >= 11 is 0. The van der Waals surface area contributed by atoms with Gasteiger partial charge >= 0.3 is 0 Å². The van der Waals surface area contributed by atoms with E-state index in [1.165, 1.54) is 0 Å². The highest BCUT2D eigenvalue weighted by Gasteiger charge is 2.34. The molecule has 46 heavy (non-hydrogen) atoms. The molecule has 1 heterocycles. The van der Waals surface area contributed by atoms with E-state index in [1.807, 2.05) is 92.8 Å². The fourth-order valence-corrected chi connectivity index (χ4v) is 5.58. The second-order valence-electron chi connectivity index (χ2n) is 12.0. The molecule has 0 aromatic heterocycles. The molecular formula is C36H47N3O7. The van der Waals surface area contributed by atoms with Crippen molar-refractivity contribution in [2.24, 2.45) is 0 Å². The maximum atomic E-state index is 12.3. The van der Waals surface area contributed by atoms with Crippen molar-refractivity contribution in [3.63, 3.8) is 0 Å². The van der Waals surface area contributed by atoms with Crippen LogP contribution in [0.4, 0.5) is 0 Å². The maximum Gasteiger partial charge on any atom is 0.243 e. The molecule has 0 radical (unpaired) electrons. The van der Waals surface area contributed by atoms with Crippen molar-refractivity contribution < 1.29 is 34.5 Å². The third-order valence-electron chi connectivity index (χ3n) is 8.57. The van der Waals surface area contributed by atoms with Gasteiger partial charge in [-0.2, -0.15) is 0 Å². The van der Waals surface area contributed by atoms with Gasteiger partial charge in [0, 0.05) is 44.0 Å². The Labute approximate surface area is 271 Å². The number of aliphatic hydroxyl groups is 2. The third-order valence-corrected chi connectivity index (χ3v) is 8.57. The smallest absolute Gasteiger partial charge is 0.243 e. The number of nitrogens with zero attached hydrogens (tertiary/aromatic N) is 1. The van der Waals surface area contributed by atoms with E-state index in [9.17, 15) is 19.8 Å². The van der Waals surface area contributed by atoms with E-state index in [-0.39, 0.29) is 37.2 Å². The molecule has 248 valence electrons. The summed E-state index contributed by atoms with van der Waals surface area (Å²) in [5.41, 5.74) is 6.14. The highest BCUT2D eigenvalue weighted by Crippen LogP contribution is 2.38. The molecule has 0 spiro atoms. The average molecular weight is 634 g/mol. The first-order chi connectivity index (χ1) is 22.3. The van der Waals surface area contributed by atoms with Crippen molar-refractivity contribution >= 4 is 11.8 Å².